The molecule has 9 nitrogen and oxygen atoms in total. The van der Waals surface area contributed by atoms with Gasteiger partial charge in [-0.15, -0.1) is 0 Å². The molecule has 0 heterocycles. The molecule has 158 valence electrons. The lowest BCUT2D eigenvalue weighted by atomic mass is 10.1. The Bertz CT molecular complexity index is 923. The molecule has 0 aliphatic heterocycles. The molecule has 0 atom stereocenters. The highest BCUT2D eigenvalue weighted by Crippen LogP contribution is 2.27. The first-order valence-electron chi connectivity index (χ1n) is 9.00. The molecule has 1 N–H and O–H groups in total. The summed E-state index contributed by atoms with van der Waals surface area (Å²) in [7, 11) is 3.11. The zero-order valence-electron chi connectivity index (χ0n) is 16.6. The van der Waals surface area contributed by atoms with Crippen LogP contribution in [0.3, 0.4) is 0 Å². The monoisotopic (exact) mass is 414 g/mol. The predicted molar refractivity (Wildman–Crippen MR) is 109 cm³/mol. The molecule has 0 aromatic heterocycles. The number of non-ortho nitro benzene ring substituents is 1. The van der Waals surface area contributed by atoms with Crippen LogP contribution in [0.2, 0.25) is 0 Å². The maximum absolute atomic E-state index is 11.8. The molecule has 0 saturated carbocycles. The molecule has 0 radical (unpaired) electrons. The molecule has 2 rings (SSSR count). The Kier molecular flexibility index (Phi) is 8.37. The fourth-order valence-corrected chi connectivity index (χ4v) is 2.49. The van der Waals surface area contributed by atoms with Gasteiger partial charge in [-0.3, -0.25) is 14.9 Å². The number of nitro groups is 1. The van der Waals surface area contributed by atoms with Gasteiger partial charge in [-0.1, -0.05) is 6.07 Å². The van der Waals surface area contributed by atoms with Crippen LogP contribution in [-0.2, 0) is 20.7 Å². The number of benzene rings is 2. The predicted octanol–water partition coefficient (Wildman–Crippen LogP) is 2.53. The van der Waals surface area contributed by atoms with E-state index in [0.29, 0.717) is 30.0 Å². The Hall–Kier alpha value is -3.88. The SMILES string of the molecule is COc1ccc(CCNC(=O)COC(=O)/C=C/c2ccc([N+](=O)[O-])cc2)cc1OC. The number of esters is 1. The summed E-state index contributed by atoms with van der Waals surface area (Å²) >= 11 is 0. The van der Waals surface area contributed by atoms with Gasteiger partial charge in [0.05, 0.1) is 19.1 Å². The quantitative estimate of drug-likeness (QED) is 0.275. The average Bonchev–Trinajstić information content (AvgIpc) is 2.76. The number of nitrogens with one attached hydrogen (secondary N) is 1. The Labute approximate surface area is 173 Å². The second-order valence-corrected chi connectivity index (χ2v) is 6.08. The fourth-order valence-electron chi connectivity index (χ4n) is 2.49. The van der Waals surface area contributed by atoms with E-state index in [9.17, 15) is 19.7 Å². The molecule has 2 aromatic carbocycles. The first kappa shape index (κ1) is 22.4. The molecular weight excluding hydrogens is 392 g/mol. The van der Waals surface area contributed by atoms with E-state index in [1.165, 1.54) is 30.3 Å². The van der Waals surface area contributed by atoms with Crippen molar-refractivity contribution in [3.05, 3.63) is 69.8 Å². The molecule has 0 spiro atoms. The first-order valence-corrected chi connectivity index (χ1v) is 9.00. The number of amides is 1. The second-order valence-electron chi connectivity index (χ2n) is 6.08. The number of nitrogens with zero attached hydrogens (tertiary/aromatic N) is 1. The van der Waals surface area contributed by atoms with E-state index in [1.54, 1.807) is 20.3 Å². The summed E-state index contributed by atoms with van der Waals surface area (Å²) in [5.41, 5.74) is 1.51. The highest BCUT2D eigenvalue weighted by molar-refractivity contribution is 5.89. The normalized spacial score (nSPS) is 10.5. The summed E-state index contributed by atoms with van der Waals surface area (Å²) in [4.78, 5) is 33.6. The number of rotatable bonds is 10. The minimum atomic E-state index is -0.691. The highest BCUT2D eigenvalue weighted by atomic mass is 16.6. The van der Waals surface area contributed by atoms with E-state index in [2.05, 4.69) is 5.32 Å². The van der Waals surface area contributed by atoms with Gasteiger partial charge in [-0.05, 0) is 47.9 Å². The van der Waals surface area contributed by atoms with Crippen molar-refractivity contribution in [1.82, 2.24) is 5.32 Å². The largest absolute Gasteiger partial charge is 0.493 e. The van der Waals surface area contributed by atoms with Crippen molar-refractivity contribution in [2.75, 3.05) is 27.4 Å². The van der Waals surface area contributed by atoms with Crippen molar-refractivity contribution in [3.63, 3.8) is 0 Å². The van der Waals surface area contributed by atoms with Crippen LogP contribution in [0.25, 0.3) is 6.08 Å². The lowest BCUT2D eigenvalue weighted by Crippen LogP contribution is -2.30. The van der Waals surface area contributed by atoms with Crippen LogP contribution in [0.15, 0.2) is 48.5 Å². The minimum Gasteiger partial charge on any atom is -0.493 e. The number of hydrogen-bond acceptors (Lipinski definition) is 7. The molecule has 30 heavy (non-hydrogen) atoms. The Balaban J connectivity index is 1.72. The summed E-state index contributed by atoms with van der Waals surface area (Å²) in [5, 5.41) is 13.3. The summed E-state index contributed by atoms with van der Waals surface area (Å²) < 4.78 is 15.3. The van der Waals surface area contributed by atoms with Crippen LogP contribution in [-0.4, -0.2) is 44.2 Å². The lowest BCUT2D eigenvalue weighted by Gasteiger charge is -2.10. The average molecular weight is 414 g/mol. The maximum atomic E-state index is 11.8. The highest BCUT2D eigenvalue weighted by Gasteiger charge is 2.07. The van der Waals surface area contributed by atoms with Gasteiger partial charge in [0.2, 0.25) is 0 Å². The van der Waals surface area contributed by atoms with Crippen molar-refractivity contribution in [2.24, 2.45) is 0 Å². The van der Waals surface area contributed by atoms with E-state index >= 15 is 0 Å². The van der Waals surface area contributed by atoms with Gasteiger partial charge in [0.15, 0.2) is 18.1 Å². The summed E-state index contributed by atoms with van der Waals surface area (Å²) in [6, 6.07) is 11.2. The minimum absolute atomic E-state index is 0.0421. The topological polar surface area (TPSA) is 117 Å². The van der Waals surface area contributed by atoms with Crippen molar-refractivity contribution in [2.45, 2.75) is 6.42 Å². The van der Waals surface area contributed by atoms with Gasteiger partial charge in [-0.2, -0.15) is 0 Å². The molecule has 0 saturated heterocycles. The molecule has 1 amide bonds. The maximum Gasteiger partial charge on any atom is 0.331 e. The lowest BCUT2D eigenvalue weighted by molar-refractivity contribution is -0.384. The number of methoxy groups -OCH3 is 2. The molecule has 0 aliphatic carbocycles. The van der Waals surface area contributed by atoms with Crippen molar-refractivity contribution in [1.29, 1.82) is 0 Å². The summed E-state index contributed by atoms with van der Waals surface area (Å²) in [6.45, 7) is -0.0418. The van der Waals surface area contributed by atoms with Gasteiger partial charge >= 0.3 is 5.97 Å². The van der Waals surface area contributed by atoms with E-state index in [4.69, 9.17) is 14.2 Å². The molecule has 0 bridgehead atoms. The van der Waals surface area contributed by atoms with Gasteiger partial charge in [0.25, 0.3) is 11.6 Å². The number of ether oxygens (including phenoxy) is 3. The van der Waals surface area contributed by atoms with Crippen LogP contribution < -0.4 is 14.8 Å². The number of carbonyl (C=O) groups is 2. The fraction of sp³-hybridized carbons (Fsp3) is 0.238. The third-order valence-corrected chi connectivity index (χ3v) is 4.05. The van der Waals surface area contributed by atoms with E-state index in [0.717, 1.165) is 11.6 Å². The zero-order valence-corrected chi connectivity index (χ0v) is 16.6. The Morgan fingerprint density at radius 2 is 1.77 bits per heavy atom. The molecule has 0 unspecified atom stereocenters. The Morgan fingerprint density at radius 3 is 2.40 bits per heavy atom. The molecule has 0 aliphatic rings. The molecular formula is C21H22N2O7. The van der Waals surface area contributed by atoms with Crippen molar-refractivity contribution < 1.29 is 28.7 Å². The van der Waals surface area contributed by atoms with Crippen LogP contribution >= 0.6 is 0 Å². The van der Waals surface area contributed by atoms with Gasteiger partial charge in [0, 0.05) is 24.8 Å². The van der Waals surface area contributed by atoms with Crippen LogP contribution in [0.5, 0.6) is 11.5 Å². The number of carbonyl (C=O) groups excluding carboxylic acids is 2. The zero-order chi connectivity index (χ0) is 21.9. The van der Waals surface area contributed by atoms with E-state index in [1.807, 2.05) is 12.1 Å². The summed E-state index contributed by atoms with van der Waals surface area (Å²) in [5.74, 6) is 0.116. The van der Waals surface area contributed by atoms with Gasteiger partial charge in [-0.25, -0.2) is 4.79 Å². The number of hydrogen-bond donors (Lipinski definition) is 1. The second kappa shape index (κ2) is 11.2. The van der Waals surface area contributed by atoms with Crippen molar-refractivity contribution >= 4 is 23.6 Å². The van der Waals surface area contributed by atoms with Crippen LogP contribution in [0, 0.1) is 10.1 Å². The van der Waals surface area contributed by atoms with Gasteiger partial charge in [0.1, 0.15) is 0 Å². The standard InChI is InChI=1S/C21H22N2O7/c1-28-18-9-5-16(13-19(18)29-2)11-12-22-20(24)14-30-21(25)10-6-15-3-7-17(8-4-15)23(26)27/h3-10,13H,11-12,14H2,1-2H3,(H,22,24)/b10-6+. The molecule has 9 heteroatoms. The first-order chi connectivity index (χ1) is 14.4. The summed E-state index contributed by atoms with van der Waals surface area (Å²) in [6.07, 6.45) is 3.17. The van der Waals surface area contributed by atoms with Crippen molar-refractivity contribution in [3.8, 4) is 11.5 Å². The van der Waals surface area contributed by atoms with Crippen LogP contribution in [0.4, 0.5) is 5.69 Å². The smallest absolute Gasteiger partial charge is 0.331 e. The number of nitro benzene ring substituents is 1. The van der Waals surface area contributed by atoms with E-state index < -0.39 is 23.4 Å². The molecule has 0 fully saturated rings. The van der Waals surface area contributed by atoms with Crippen LogP contribution in [0.1, 0.15) is 11.1 Å². The van der Waals surface area contributed by atoms with E-state index in [-0.39, 0.29) is 5.69 Å². The van der Waals surface area contributed by atoms with Gasteiger partial charge < -0.3 is 19.5 Å². The third-order valence-electron chi connectivity index (χ3n) is 4.05. The Morgan fingerprint density at radius 1 is 1.07 bits per heavy atom. The molecule has 2 aromatic rings. The third kappa shape index (κ3) is 6.93.